The van der Waals surface area contributed by atoms with Gasteiger partial charge in [0.25, 0.3) is 0 Å². The number of aliphatic hydroxyl groups excluding tert-OH is 1. The lowest BCUT2D eigenvalue weighted by atomic mass is 10.1. The molecule has 0 aliphatic rings. The SMILES string of the molecule is Cn1c(Cl)cnc1C(O)Cc1ccncc1Cl. The second-order valence-corrected chi connectivity index (χ2v) is 4.48. The van der Waals surface area contributed by atoms with E-state index >= 15 is 0 Å². The van der Waals surface area contributed by atoms with Gasteiger partial charge >= 0.3 is 0 Å². The average Bonchev–Trinajstić information content (AvgIpc) is 2.63. The summed E-state index contributed by atoms with van der Waals surface area (Å²) in [5, 5.41) is 11.1. The average molecular weight is 272 g/mol. The molecule has 4 nitrogen and oxygen atoms in total. The third-order valence-corrected chi connectivity index (χ3v) is 3.23. The van der Waals surface area contributed by atoms with E-state index in [1.165, 1.54) is 6.20 Å². The van der Waals surface area contributed by atoms with Crippen molar-refractivity contribution in [2.45, 2.75) is 12.5 Å². The molecule has 0 aliphatic heterocycles. The van der Waals surface area contributed by atoms with Gasteiger partial charge in [0.15, 0.2) is 0 Å². The van der Waals surface area contributed by atoms with Crippen LogP contribution in [0.1, 0.15) is 17.5 Å². The molecule has 0 spiro atoms. The van der Waals surface area contributed by atoms with Gasteiger partial charge in [0.1, 0.15) is 17.1 Å². The van der Waals surface area contributed by atoms with Gasteiger partial charge in [-0.2, -0.15) is 0 Å². The minimum atomic E-state index is -0.743. The fourth-order valence-corrected chi connectivity index (χ4v) is 1.91. The number of imidazole rings is 1. The molecule has 0 aliphatic carbocycles. The van der Waals surface area contributed by atoms with Crippen molar-refractivity contribution in [2.24, 2.45) is 7.05 Å². The maximum Gasteiger partial charge on any atom is 0.138 e. The molecule has 0 radical (unpaired) electrons. The minimum absolute atomic E-state index is 0.378. The summed E-state index contributed by atoms with van der Waals surface area (Å²) in [4.78, 5) is 7.95. The summed E-state index contributed by atoms with van der Waals surface area (Å²) in [6.07, 6.45) is 4.33. The molecule has 17 heavy (non-hydrogen) atoms. The third kappa shape index (κ3) is 2.60. The number of rotatable bonds is 3. The predicted octanol–water partition coefficient (Wildman–Crippen LogP) is 2.40. The first kappa shape index (κ1) is 12.4. The Morgan fingerprint density at radius 1 is 1.41 bits per heavy atom. The van der Waals surface area contributed by atoms with Crippen LogP contribution in [0.4, 0.5) is 0 Å². The molecular formula is C11H11Cl2N3O. The van der Waals surface area contributed by atoms with Gasteiger partial charge in [-0.15, -0.1) is 0 Å². The van der Waals surface area contributed by atoms with Crippen molar-refractivity contribution < 1.29 is 5.11 Å². The molecule has 0 amide bonds. The van der Waals surface area contributed by atoms with Crippen molar-refractivity contribution >= 4 is 23.2 Å². The largest absolute Gasteiger partial charge is 0.385 e. The van der Waals surface area contributed by atoms with E-state index in [-0.39, 0.29) is 0 Å². The van der Waals surface area contributed by atoms with Gasteiger partial charge in [-0.05, 0) is 11.6 Å². The van der Waals surface area contributed by atoms with Crippen LogP contribution >= 0.6 is 23.2 Å². The van der Waals surface area contributed by atoms with Gasteiger partial charge in [-0.25, -0.2) is 4.98 Å². The summed E-state index contributed by atoms with van der Waals surface area (Å²) < 4.78 is 1.64. The van der Waals surface area contributed by atoms with Crippen molar-refractivity contribution in [1.29, 1.82) is 0 Å². The lowest BCUT2D eigenvalue weighted by Gasteiger charge is -2.11. The summed E-state index contributed by atoms with van der Waals surface area (Å²) in [6, 6.07) is 1.77. The molecule has 0 saturated heterocycles. The monoisotopic (exact) mass is 271 g/mol. The zero-order valence-corrected chi connectivity index (χ0v) is 10.7. The van der Waals surface area contributed by atoms with Crippen LogP contribution in [0, 0.1) is 0 Å². The third-order valence-electron chi connectivity index (χ3n) is 2.54. The van der Waals surface area contributed by atoms with Crippen LogP contribution < -0.4 is 0 Å². The van der Waals surface area contributed by atoms with E-state index in [4.69, 9.17) is 23.2 Å². The van der Waals surface area contributed by atoms with Gasteiger partial charge in [0.05, 0.1) is 11.2 Å². The summed E-state index contributed by atoms with van der Waals surface area (Å²) in [5.41, 5.74) is 0.827. The number of aliphatic hydroxyl groups is 1. The van der Waals surface area contributed by atoms with Crippen LogP contribution in [0.3, 0.4) is 0 Å². The van der Waals surface area contributed by atoms with Crippen LogP contribution in [0.15, 0.2) is 24.7 Å². The van der Waals surface area contributed by atoms with Gasteiger partial charge in [-0.3, -0.25) is 4.98 Å². The molecule has 2 aromatic heterocycles. The molecule has 2 rings (SSSR count). The second-order valence-electron chi connectivity index (χ2n) is 3.69. The Morgan fingerprint density at radius 3 is 2.76 bits per heavy atom. The van der Waals surface area contributed by atoms with Crippen LogP contribution in [-0.4, -0.2) is 19.6 Å². The summed E-state index contributed by atoms with van der Waals surface area (Å²) in [6.45, 7) is 0. The molecule has 2 aromatic rings. The van der Waals surface area contributed by atoms with Crippen molar-refractivity contribution in [3.8, 4) is 0 Å². The lowest BCUT2D eigenvalue weighted by Crippen LogP contribution is -2.09. The van der Waals surface area contributed by atoms with E-state index < -0.39 is 6.10 Å². The fraction of sp³-hybridized carbons (Fsp3) is 0.273. The fourth-order valence-electron chi connectivity index (χ4n) is 1.58. The zero-order chi connectivity index (χ0) is 12.4. The normalized spacial score (nSPS) is 12.7. The number of hydrogen-bond donors (Lipinski definition) is 1. The van der Waals surface area contributed by atoms with Crippen LogP contribution in [-0.2, 0) is 13.5 Å². The van der Waals surface area contributed by atoms with Gasteiger partial charge in [-0.1, -0.05) is 23.2 Å². The number of aromatic nitrogens is 3. The van der Waals surface area contributed by atoms with Crippen LogP contribution in [0.25, 0.3) is 0 Å². The van der Waals surface area contributed by atoms with E-state index in [2.05, 4.69) is 9.97 Å². The Balaban J connectivity index is 2.20. The zero-order valence-electron chi connectivity index (χ0n) is 9.14. The molecule has 6 heteroatoms. The number of nitrogens with zero attached hydrogens (tertiary/aromatic N) is 3. The molecule has 1 unspecified atom stereocenters. The molecule has 0 fully saturated rings. The first-order chi connectivity index (χ1) is 8.09. The molecule has 0 bridgehead atoms. The Kier molecular flexibility index (Phi) is 3.66. The second kappa shape index (κ2) is 5.04. The van der Waals surface area contributed by atoms with Crippen molar-refractivity contribution in [2.75, 3.05) is 0 Å². The quantitative estimate of drug-likeness (QED) is 0.933. The van der Waals surface area contributed by atoms with E-state index in [1.807, 2.05) is 0 Å². The van der Waals surface area contributed by atoms with Crippen LogP contribution in [0.5, 0.6) is 0 Å². The molecule has 0 aromatic carbocycles. The highest BCUT2D eigenvalue weighted by atomic mass is 35.5. The van der Waals surface area contributed by atoms with Crippen molar-refractivity contribution in [1.82, 2.24) is 14.5 Å². The Labute approximate surface area is 109 Å². The van der Waals surface area contributed by atoms with Gasteiger partial charge in [0, 0.05) is 25.9 Å². The number of hydrogen-bond acceptors (Lipinski definition) is 3. The maximum absolute atomic E-state index is 10.1. The van der Waals surface area contributed by atoms with E-state index in [9.17, 15) is 5.11 Å². The number of pyridine rings is 1. The predicted molar refractivity (Wildman–Crippen MR) is 66.1 cm³/mol. The Hall–Kier alpha value is -1.10. The Morgan fingerprint density at radius 2 is 2.18 bits per heavy atom. The summed E-state index contributed by atoms with van der Waals surface area (Å²) in [7, 11) is 1.75. The van der Waals surface area contributed by atoms with Gasteiger partial charge < -0.3 is 9.67 Å². The molecule has 1 atom stereocenters. The standard InChI is InChI=1S/C11H11Cl2N3O/c1-16-10(13)6-15-11(16)9(17)4-7-2-3-14-5-8(7)12/h2-3,5-6,9,17H,4H2,1H3. The highest BCUT2D eigenvalue weighted by Crippen LogP contribution is 2.23. The molecule has 90 valence electrons. The first-order valence-corrected chi connectivity index (χ1v) is 5.78. The van der Waals surface area contributed by atoms with E-state index in [1.54, 1.807) is 30.1 Å². The lowest BCUT2D eigenvalue weighted by molar-refractivity contribution is 0.165. The molecular weight excluding hydrogens is 261 g/mol. The molecule has 2 heterocycles. The highest BCUT2D eigenvalue weighted by Gasteiger charge is 2.16. The van der Waals surface area contributed by atoms with Crippen LogP contribution in [0.2, 0.25) is 10.2 Å². The molecule has 1 N–H and O–H groups in total. The van der Waals surface area contributed by atoms with E-state index in [0.717, 1.165) is 5.56 Å². The van der Waals surface area contributed by atoms with E-state index in [0.29, 0.717) is 22.4 Å². The summed E-state index contributed by atoms with van der Waals surface area (Å²) in [5.74, 6) is 0.517. The number of halogens is 2. The van der Waals surface area contributed by atoms with Crippen molar-refractivity contribution in [3.05, 3.63) is 46.2 Å². The Bertz CT molecular complexity index is 527. The van der Waals surface area contributed by atoms with Crippen molar-refractivity contribution in [3.63, 3.8) is 0 Å². The maximum atomic E-state index is 10.1. The summed E-state index contributed by atoms with van der Waals surface area (Å²) >= 11 is 11.8. The van der Waals surface area contributed by atoms with Gasteiger partial charge in [0.2, 0.25) is 0 Å². The minimum Gasteiger partial charge on any atom is -0.385 e. The highest BCUT2D eigenvalue weighted by molar-refractivity contribution is 6.31. The molecule has 0 saturated carbocycles. The smallest absolute Gasteiger partial charge is 0.138 e. The first-order valence-electron chi connectivity index (χ1n) is 5.03. The topological polar surface area (TPSA) is 50.9 Å².